The van der Waals surface area contributed by atoms with E-state index in [1.54, 1.807) is 6.20 Å². The smallest absolute Gasteiger partial charge is 0.407 e. The Bertz CT molecular complexity index is 653. The van der Waals surface area contributed by atoms with Gasteiger partial charge in [0.05, 0.1) is 6.54 Å². The molecule has 3 rings (SSSR count). The Kier molecular flexibility index (Phi) is 2.22. The van der Waals surface area contributed by atoms with Gasteiger partial charge in [0.1, 0.15) is 0 Å². The molecule has 0 atom stereocenters. The number of nitrogens with zero attached hydrogens (tertiary/aromatic N) is 3. The summed E-state index contributed by atoms with van der Waals surface area (Å²) in [6, 6.07) is 0. The van der Waals surface area contributed by atoms with E-state index in [0.29, 0.717) is 18.8 Å². The van der Waals surface area contributed by atoms with E-state index in [9.17, 15) is 9.59 Å². The molecule has 1 amide bonds. The number of carbonyl (C=O) groups is 1. The second-order valence-electron chi connectivity index (χ2n) is 4.09. The molecular weight excluding hydrogens is 238 g/mol. The average molecular weight is 249 g/mol. The van der Waals surface area contributed by atoms with Crippen LogP contribution in [0, 0.1) is 0 Å². The van der Waals surface area contributed by atoms with Crippen LogP contribution in [0.25, 0.3) is 5.82 Å². The second kappa shape index (κ2) is 3.76. The van der Waals surface area contributed by atoms with Crippen LogP contribution in [-0.2, 0) is 13.0 Å². The largest absolute Gasteiger partial charge is 0.465 e. The number of nitrogens with one attached hydrogen (secondary N) is 2. The summed E-state index contributed by atoms with van der Waals surface area (Å²) in [7, 11) is 0. The maximum Gasteiger partial charge on any atom is 0.407 e. The van der Waals surface area contributed by atoms with E-state index in [1.165, 1.54) is 15.7 Å². The molecule has 8 heteroatoms. The molecular formula is C10H11N5O3. The zero-order valence-electron chi connectivity index (χ0n) is 9.38. The molecule has 2 aromatic heterocycles. The molecule has 3 N–H and O–H groups in total. The van der Waals surface area contributed by atoms with Crippen LogP contribution in [0.2, 0.25) is 0 Å². The highest BCUT2D eigenvalue weighted by molar-refractivity contribution is 5.65. The van der Waals surface area contributed by atoms with Gasteiger partial charge in [-0.2, -0.15) is 5.10 Å². The number of fused-ring (bicyclic) bond motifs is 1. The molecule has 0 unspecified atom stereocenters. The lowest BCUT2D eigenvalue weighted by molar-refractivity contribution is 0.140. The van der Waals surface area contributed by atoms with Crippen LogP contribution in [-0.4, -0.2) is 42.4 Å². The maximum absolute atomic E-state index is 11.5. The van der Waals surface area contributed by atoms with E-state index in [0.717, 1.165) is 11.3 Å². The van der Waals surface area contributed by atoms with Gasteiger partial charge in [0.25, 0.3) is 0 Å². The average Bonchev–Trinajstić information content (AvgIpc) is 2.93. The van der Waals surface area contributed by atoms with Gasteiger partial charge in [0.2, 0.25) is 0 Å². The quantitative estimate of drug-likeness (QED) is 0.657. The monoisotopic (exact) mass is 249 g/mol. The zero-order chi connectivity index (χ0) is 12.7. The number of hydrogen-bond acceptors (Lipinski definition) is 3. The molecule has 8 nitrogen and oxygen atoms in total. The highest BCUT2D eigenvalue weighted by Gasteiger charge is 2.25. The molecule has 0 bridgehead atoms. The Hall–Kier alpha value is -2.51. The van der Waals surface area contributed by atoms with E-state index in [-0.39, 0.29) is 12.2 Å². The van der Waals surface area contributed by atoms with Crippen LogP contribution >= 0.6 is 0 Å². The molecule has 18 heavy (non-hydrogen) atoms. The van der Waals surface area contributed by atoms with E-state index in [4.69, 9.17) is 5.11 Å². The molecule has 0 fully saturated rings. The third-order valence-electron chi connectivity index (χ3n) is 3.06. The molecule has 0 aliphatic carbocycles. The predicted molar refractivity (Wildman–Crippen MR) is 60.7 cm³/mol. The first-order valence-corrected chi connectivity index (χ1v) is 5.47. The lowest BCUT2D eigenvalue weighted by Crippen LogP contribution is -2.35. The Morgan fingerprint density at radius 3 is 3.00 bits per heavy atom. The molecule has 0 saturated heterocycles. The van der Waals surface area contributed by atoms with Crippen molar-refractivity contribution in [2.45, 2.75) is 13.0 Å². The molecule has 3 heterocycles. The number of H-pyrrole nitrogens is 2. The first-order chi connectivity index (χ1) is 8.66. The standard InChI is InChI=1S/C10H11N5O3/c16-9-11-2-4-15(9)8-6-5-14(10(17)18)3-1-7(6)12-13-8/h2,4H,1,3,5H2,(H,11,16)(H,12,13)(H,17,18). The van der Waals surface area contributed by atoms with Crippen molar-refractivity contribution < 1.29 is 9.90 Å². The summed E-state index contributed by atoms with van der Waals surface area (Å²) in [5.74, 6) is 0.460. The first kappa shape index (κ1) is 10.6. The summed E-state index contributed by atoms with van der Waals surface area (Å²) in [4.78, 5) is 26.3. The van der Waals surface area contributed by atoms with Crippen molar-refractivity contribution in [3.05, 3.63) is 34.1 Å². The van der Waals surface area contributed by atoms with Crippen molar-refractivity contribution in [3.8, 4) is 5.82 Å². The van der Waals surface area contributed by atoms with E-state index < -0.39 is 6.09 Å². The fraction of sp³-hybridized carbons (Fsp3) is 0.300. The number of rotatable bonds is 1. The molecule has 0 saturated carbocycles. The lowest BCUT2D eigenvalue weighted by atomic mass is 10.1. The van der Waals surface area contributed by atoms with Crippen molar-refractivity contribution in [2.75, 3.05) is 6.54 Å². The molecule has 0 spiro atoms. The number of aromatic nitrogens is 4. The van der Waals surface area contributed by atoms with Crippen molar-refractivity contribution >= 4 is 6.09 Å². The lowest BCUT2D eigenvalue weighted by Gasteiger charge is -2.23. The highest BCUT2D eigenvalue weighted by atomic mass is 16.4. The number of aromatic amines is 2. The van der Waals surface area contributed by atoms with Crippen LogP contribution in [0.1, 0.15) is 11.3 Å². The fourth-order valence-electron chi connectivity index (χ4n) is 2.13. The van der Waals surface area contributed by atoms with Gasteiger partial charge in [-0.05, 0) is 0 Å². The van der Waals surface area contributed by atoms with Crippen molar-refractivity contribution in [1.29, 1.82) is 0 Å². The Labute approximate surface area is 101 Å². The summed E-state index contributed by atoms with van der Waals surface area (Å²) >= 11 is 0. The minimum absolute atomic E-state index is 0.244. The Balaban J connectivity index is 2.05. The van der Waals surface area contributed by atoms with E-state index in [1.807, 2.05) is 0 Å². The zero-order valence-corrected chi connectivity index (χ0v) is 9.38. The number of carboxylic acid groups (broad SMARTS) is 1. The minimum Gasteiger partial charge on any atom is -0.465 e. The van der Waals surface area contributed by atoms with Crippen molar-refractivity contribution in [3.63, 3.8) is 0 Å². The summed E-state index contributed by atoms with van der Waals surface area (Å²) in [5, 5.41) is 15.9. The predicted octanol–water partition coefficient (Wildman–Crippen LogP) is -0.0752. The van der Waals surface area contributed by atoms with Gasteiger partial charge >= 0.3 is 11.8 Å². The first-order valence-electron chi connectivity index (χ1n) is 5.47. The minimum atomic E-state index is -0.964. The second-order valence-corrected chi connectivity index (χ2v) is 4.09. The third-order valence-corrected chi connectivity index (χ3v) is 3.06. The van der Waals surface area contributed by atoms with Gasteiger partial charge in [-0.1, -0.05) is 0 Å². The van der Waals surface area contributed by atoms with E-state index in [2.05, 4.69) is 15.2 Å². The van der Waals surface area contributed by atoms with Gasteiger partial charge in [0.15, 0.2) is 5.82 Å². The fourth-order valence-corrected chi connectivity index (χ4v) is 2.13. The van der Waals surface area contributed by atoms with Crippen LogP contribution in [0.15, 0.2) is 17.2 Å². The molecule has 0 aromatic carbocycles. The van der Waals surface area contributed by atoms with Crippen LogP contribution in [0.5, 0.6) is 0 Å². The van der Waals surface area contributed by atoms with Gasteiger partial charge in [-0.15, -0.1) is 0 Å². The van der Waals surface area contributed by atoms with Crippen molar-refractivity contribution in [2.24, 2.45) is 0 Å². The van der Waals surface area contributed by atoms with Gasteiger partial charge < -0.3 is 15.0 Å². The summed E-state index contributed by atoms with van der Waals surface area (Å²) in [5.41, 5.74) is 1.35. The topological polar surface area (TPSA) is 107 Å². The molecule has 1 aliphatic heterocycles. The van der Waals surface area contributed by atoms with Gasteiger partial charge in [-0.25, -0.2) is 14.2 Å². The molecule has 1 aliphatic rings. The van der Waals surface area contributed by atoms with Gasteiger partial charge in [0, 0.05) is 36.6 Å². The summed E-state index contributed by atoms with van der Waals surface area (Å²) in [6.07, 6.45) is 2.70. The normalized spacial score (nSPS) is 14.6. The number of amides is 1. The van der Waals surface area contributed by atoms with Crippen LogP contribution < -0.4 is 5.69 Å². The highest BCUT2D eigenvalue weighted by Crippen LogP contribution is 2.22. The molecule has 2 aromatic rings. The summed E-state index contributed by atoms with van der Waals surface area (Å²) < 4.78 is 1.36. The van der Waals surface area contributed by atoms with E-state index >= 15 is 0 Å². The number of imidazole rings is 1. The Morgan fingerprint density at radius 1 is 1.50 bits per heavy atom. The van der Waals surface area contributed by atoms with Crippen LogP contribution in [0.4, 0.5) is 4.79 Å². The van der Waals surface area contributed by atoms with Crippen LogP contribution in [0.3, 0.4) is 0 Å². The SMILES string of the molecule is O=C(O)N1CCc2[nH]nc(-n3cc[nH]c3=O)c2C1. The maximum atomic E-state index is 11.5. The molecule has 94 valence electrons. The van der Waals surface area contributed by atoms with Gasteiger partial charge in [-0.3, -0.25) is 5.10 Å². The third kappa shape index (κ3) is 1.50. The Morgan fingerprint density at radius 2 is 2.33 bits per heavy atom. The summed E-state index contributed by atoms with van der Waals surface area (Å²) in [6.45, 7) is 0.681. The van der Waals surface area contributed by atoms with Crippen molar-refractivity contribution in [1.82, 2.24) is 24.6 Å². The number of hydrogen-bond donors (Lipinski definition) is 3. The molecule has 0 radical (unpaired) electrons.